The van der Waals surface area contributed by atoms with E-state index in [-0.39, 0.29) is 12.5 Å². The van der Waals surface area contributed by atoms with E-state index in [1.165, 1.54) is 0 Å². The van der Waals surface area contributed by atoms with Crippen molar-refractivity contribution < 1.29 is 9.90 Å². The van der Waals surface area contributed by atoms with Crippen LogP contribution in [0.5, 0.6) is 0 Å². The number of nitrogens with zero attached hydrogens (tertiary/aromatic N) is 3. The second-order valence-electron chi connectivity index (χ2n) is 5.27. The van der Waals surface area contributed by atoms with Crippen molar-refractivity contribution in [3.05, 3.63) is 42.2 Å². The van der Waals surface area contributed by atoms with Gasteiger partial charge >= 0.3 is 0 Å². The number of aliphatic hydroxyl groups is 1. The first-order chi connectivity index (χ1) is 10.8. The van der Waals surface area contributed by atoms with E-state index < -0.39 is 0 Å². The maximum atomic E-state index is 12.0. The van der Waals surface area contributed by atoms with E-state index >= 15 is 0 Å². The second-order valence-corrected chi connectivity index (χ2v) is 5.27. The largest absolute Gasteiger partial charge is 0.395 e. The normalized spacial score (nSPS) is 13.9. The Morgan fingerprint density at radius 1 is 1.36 bits per heavy atom. The van der Waals surface area contributed by atoms with Gasteiger partial charge in [0.15, 0.2) is 0 Å². The van der Waals surface area contributed by atoms with Gasteiger partial charge in [0.2, 0.25) is 5.91 Å². The average Bonchev–Trinajstić information content (AvgIpc) is 3.07. The lowest BCUT2D eigenvalue weighted by Crippen LogP contribution is -2.29. The number of carbonyl (C=O) groups is 1. The molecular formula is C16H14N4O2. The van der Waals surface area contributed by atoms with Gasteiger partial charge in [-0.15, -0.1) is 0 Å². The zero-order valence-electron chi connectivity index (χ0n) is 11.8. The number of hydrogen-bond acceptors (Lipinski definition) is 4. The number of aliphatic hydroxyl groups excluding tert-OH is 1. The molecule has 0 atom stereocenters. The molecule has 0 radical (unpaired) electrons. The molecule has 0 bridgehead atoms. The van der Waals surface area contributed by atoms with Gasteiger partial charge in [-0.25, -0.2) is 4.98 Å². The predicted molar refractivity (Wildman–Crippen MR) is 82.5 cm³/mol. The van der Waals surface area contributed by atoms with Gasteiger partial charge in [0.1, 0.15) is 5.82 Å². The molecule has 0 aliphatic carbocycles. The van der Waals surface area contributed by atoms with Gasteiger partial charge < -0.3 is 15.0 Å². The molecule has 0 saturated heterocycles. The highest BCUT2D eigenvalue weighted by Crippen LogP contribution is 2.33. The van der Waals surface area contributed by atoms with Crippen molar-refractivity contribution in [2.45, 2.75) is 6.42 Å². The number of aromatic nitrogens is 3. The molecule has 3 heterocycles. The van der Waals surface area contributed by atoms with Gasteiger partial charge in [-0.3, -0.25) is 9.78 Å². The van der Waals surface area contributed by atoms with E-state index in [2.05, 4.69) is 15.0 Å². The number of imidazole rings is 1. The van der Waals surface area contributed by atoms with Crippen molar-refractivity contribution >= 4 is 22.6 Å². The first kappa shape index (κ1) is 13.0. The highest BCUT2D eigenvalue weighted by atomic mass is 16.3. The maximum Gasteiger partial charge on any atom is 0.231 e. The topological polar surface area (TPSA) is 82.1 Å². The average molecular weight is 294 g/mol. The summed E-state index contributed by atoms with van der Waals surface area (Å²) >= 11 is 0. The first-order valence-corrected chi connectivity index (χ1v) is 7.10. The Hall–Kier alpha value is -2.73. The summed E-state index contributed by atoms with van der Waals surface area (Å²) in [6, 6.07) is 7.68. The van der Waals surface area contributed by atoms with Gasteiger partial charge in [0.25, 0.3) is 0 Å². The number of hydrogen-bond donors (Lipinski definition) is 2. The minimum Gasteiger partial charge on any atom is -0.395 e. The fourth-order valence-electron chi connectivity index (χ4n) is 2.86. The van der Waals surface area contributed by atoms with Gasteiger partial charge in [0, 0.05) is 30.2 Å². The van der Waals surface area contributed by atoms with Gasteiger partial charge in [-0.2, -0.15) is 0 Å². The van der Waals surface area contributed by atoms with Crippen LogP contribution in [-0.4, -0.2) is 39.1 Å². The van der Waals surface area contributed by atoms with Crippen LogP contribution in [0.3, 0.4) is 0 Å². The Morgan fingerprint density at radius 2 is 2.27 bits per heavy atom. The molecular weight excluding hydrogens is 280 g/mol. The summed E-state index contributed by atoms with van der Waals surface area (Å²) in [6.07, 6.45) is 3.85. The van der Waals surface area contributed by atoms with E-state index in [0.717, 1.165) is 33.7 Å². The number of nitrogens with one attached hydrogen (secondary N) is 1. The zero-order valence-corrected chi connectivity index (χ0v) is 11.8. The summed E-state index contributed by atoms with van der Waals surface area (Å²) in [5.41, 5.74) is 4.43. The molecule has 0 fully saturated rings. The number of pyridine rings is 1. The number of rotatable bonds is 3. The molecule has 0 unspecified atom stereocenters. The van der Waals surface area contributed by atoms with Crippen LogP contribution in [0, 0.1) is 0 Å². The predicted octanol–water partition coefficient (Wildman–Crippen LogP) is 1.51. The Morgan fingerprint density at radius 3 is 3.05 bits per heavy atom. The number of β-amino-alcohol motifs (C(OH)–C–C–N with tert-alkyl or cyclic N) is 1. The monoisotopic (exact) mass is 294 g/mol. The molecule has 0 spiro atoms. The van der Waals surface area contributed by atoms with Crippen LogP contribution < -0.4 is 4.90 Å². The van der Waals surface area contributed by atoms with E-state index in [9.17, 15) is 4.79 Å². The number of H-pyrrole nitrogens is 1. The maximum absolute atomic E-state index is 12.0. The van der Waals surface area contributed by atoms with Crippen LogP contribution in [-0.2, 0) is 11.2 Å². The van der Waals surface area contributed by atoms with Crippen molar-refractivity contribution in [3.63, 3.8) is 0 Å². The number of carbonyl (C=O) groups excluding carboxylic acids is 1. The molecule has 110 valence electrons. The summed E-state index contributed by atoms with van der Waals surface area (Å²) in [6.45, 7) is 0.266. The fraction of sp³-hybridized carbons (Fsp3) is 0.188. The minimum atomic E-state index is -0.0509. The van der Waals surface area contributed by atoms with E-state index in [4.69, 9.17) is 5.11 Å². The van der Waals surface area contributed by atoms with Gasteiger partial charge in [-0.05, 0) is 29.8 Å². The molecule has 1 amide bonds. The Kier molecular flexibility index (Phi) is 2.90. The van der Waals surface area contributed by atoms with Crippen molar-refractivity contribution in [1.82, 2.24) is 15.0 Å². The molecule has 22 heavy (non-hydrogen) atoms. The smallest absolute Gasteiger partial charge is 0.231 e. The number of amides is 1. The molecule has 6 nitrogen and oxygen atoms in total. The van der Waals surface area contributed by atoms with E-state index in [1.54, 1.807) is 17.3 Å². The SMILES string of the molecule is O=C1Cc2cc3[nH]c(-c4cccnc4)nc3cc2N1CCO. The summed E-state index contributed by atoms with van der Waals surface area (Å²) in [7, 11) is 0. The summed E-state index contributed by atoms with van der Waals surface area (Å²) in [5, 5.41) is 9.11. The van der Waals surface area contributed by atoms with Crippen LogP contribution in [0.2, 0.25) is 0 Å². The van der Waals surface area contributed by atoms with Crippen molar-refractivity contribution in [3.8, 4) is 11.4 Å². The minimum absolute atomic E-state index is 0.0178. The molecule has 6 heteroatoms. The van der Waals surface area contributed by atoms with Crippen molar-refractivity contribution in [2.75, 3.05) is 18.1 Å². The third-order valence-corrected chi connectivity index (χ3v) is 3.87. The third-order valence-electron chi connectivity index (χ3n) is 3.87. The van der Waals surface area contributed by atoms with Crippen LogP contribution in [0.25, 0.3) is 22.4 Å². The lowest BCUT2D eigenvalue weighted by atomic mass is 10.1. The first-order valence-electron chi connectivity index (χ1n) is 7.10. The van der Waals surface area contributed by atoms with Crippen LogP contribution in [0.1, 0.15) is 5.56 Å². The molecule has 2 N–H and O–H groups in total. The standard InChI is InChI=1S/C16H14N4O2/c21-5-4-20-14-8-13-12(6-11(14)7-15(20)22)18-16(19-13)10-2-1-3-17-9-10/h1-3,6,8-9,21H,4-5,7H2,(H,18,19). The number of anilines is 1. The van der Waals surface area contributed by atoms with Crippen LogP contribution in [0.4, 0.5) is 5.69 Å². The lowest BCUT2D eigenvalue weighted by Gasteiger charge is -2.15. The van der Waals surface area contributed by atoms with Gasteiger partial charge in [0.05, 0.1) is 24.1 Å². The number of benzene rings is 1. The Labute approximate surface area is 126 Å². The van der Waals surface area contributed by atoms with E-state index in [0.29, 0.717) is 13.0 Å². The van der Waals surface area contributed by atoms with Crippen molar-refractivity contribution in [2.24, 2.45) is 0 Å². The highest BCUT2D eigenvalue weighted by Gasteiger charge is 2.27. The lowest BCUT2D eigenvalue weighted by molar-refractivity contribution is -0.117. The van der Waals surface area contributed by atoms with Crippen molar-refractivity contribution in [1.29, 1.82) is 0 Å². The van der Waals surface area contributed by atoms with E-state index in [1.807, 2.05) is 24.3 Å². The Bertz CT molecular complexity index is 857. The summed E-state index contributed by atoms with van der Waals surface area (Å²) in [5.74, 6) is 0.774. The summed E-state index contributed by atoms with van der Waals surface area (Å²) in [4.78, 5) is 25.6. The Balaban J connectivity index is 1.82. The van der Waals surface area contributed by atoms with Crippen LogP contribution in [0.15, 0.2) is 36.7 Å². The third kappa shape index (κ3) is 1.96. The quantitative estimate of drug-likeness (QED) is 0.767. The zero-order chi connectivity index (χ0) is 15.1. The molecule has 3 aromatic rings. The fourth-order valence-corrected chi connectivity index (χ4v) is 2.86. The second kappa shape index (κ2) is 4.92. The number of aromatic amines is 1. The molecule has 4 rings (SSSR count). The molecule has 1 aliphatic rings. The molecule has 0 saturated carbocycles. The van der Waals surface area contributed by atoms with Crippen LogP contribution >= 0.6 is 0 Å². The van der Waals surface area contributed by atoms with Gasteiger partial charge in [-0.1, -0.05) is 0 Å². The highest BCUT2D eigenvalue weighted by molar-refractivity contribution is 6.04. The molecule has 1 aromatic carbocycles. The summed E-state index contributed by atoms with van der Waals surface area (Å²) < 4.78 is 0. The number of fused-ring (bicyclic) bond motifs is 2. The molecule has 1 aliphatic heterocycles. The molecule has 2 aromatic heterocycles.